The average molecular weight is 508 g/mol. The van der Waals surface area contributed by atoms with E-state index < -0.39 is 0 Å². The molecule has 0 amide bonds. The highest BCUT2D eigenvalue weighted by Gasteiger charge is 2.15. The Hall–Kier alpha value is -4.21. The van der Waals surface area contributed by atoms with Crippen LogP contribution in [-0.4, -0.2) is 24.3 Å². The van der Waals surface area contributed by atoms with Crippen molar-refractivity contribution in [1.82, 2.24) is 4.90 Å². The first-order chi connectivity index (χ1) is 18.2. The molecular weight excluding hydrogens is 478 g/mol. The van der Waals surface area contributed by atoms with E-state index in [4.69, 9.17) is 14.5 Å². The van der Waals surface area contributed by atoms with Gasteiger partial charge in [-0.25, -0.2) is 4.99 Å². The highest BCUT2D eigenvalue weighted by Crippen LogP contribution is 2.25. The number of rotatable bonds is 9. The first kappa shape index (κ1) is 25.9. The minimum atomic E-state index is 0.616. The third-order valence-corrected chi connectivity index (χ3v) is 6.85. The third-order valence-electron chi connectivity index (χ3n) is 5.77. The fourth-order valence-electron chi connectivity index (χ4n) is 3.73. The summed E-state index contributed by atoms with van der Waals surface area (Å²) in [6.45, 7) is 1.35. The Kier molecular flexibility index (Phi) is 9.23. The molecule has 0 heterocycles. The molecule has 4 aromatic carbocycles. The number of hydrogen-bond donors (Lipinski definition) is 0. The third kappa shape index (κ3) is 7.63. The maximum absolute atomic E-state index is 9.20. The van der Waals surface area contributed by atoms with Gasteiger partial charge in [-0.1, -0.05) is 66.4 Å². The van der Waals surface area contributed by atoms with Gasteiger partial charge in [-0.15, -0.1) is 0 Å². The van der Waals surface area contributed by atoms with Gasteiger partial charge in [0, 0.05) is 18.8 Å². The van der Waals surface area contributed by atoms with Crippen molar-refractivity contribution in [1.29, 1.82) is 5.26 Å². The van der Waals surface area contributed by atoms with E-state index in [1.807, 2.05) is 42.5 Å². The van der Waals surface area contributed by atoms with Crippen molar-refractivity contribution in [3.8, 4) is 17.6 Å². The zero-order valence-corrected chi connectivity index (χ0v) is 21.8. The van der Waals surface area contributed by atoms with Gasteiger partial charge in [-0.3, -0.25) is 0 Å². The summed E-state index contributed by atoms with van der Waals surface area (Å²) >= 11 is 1.70. The zero-order valence-electron chi connectivity index (χ0n) is 21.0. The Balaban J connectivity index is 1.69. The van der Waals surface area contributed by atoms with Crippen LogP contribution >= 0.6 is 11.8 Å². The molecule has 0 spiro atoms. The fourth-order valence-corrected chi connectivity index (χ4v) is 4.70. The molecule has 0 saturated heterocycles. The molecule has 37 heavy (non-hydrogen) atoms. The number of aliphatic imine (C=N–C) groups is 1. The molecule has 0 fully saturated rings. The second kappa shape index (κ2) is 13.2. The number of thioether (sulfide) groups is 1. The fraction of sp³-hybridized carbons (Fsp3) is 0.161. The van der Waals surface area contributed by atoms with Crippen LogP contribution in [-0.2, 0) is 18.8 Å². The van der Waals surface area contributed by atoms with Gasteiger partial charge in [0.05, 0.1) is 31.5 Å². The molecule has 4 aromatic rings. The first-order valence-corrected chi connectivity index (χ1v) is 12.9. The van der Waals surface area contributed by atoms with E-state index in [1.54, 1.807) is 38.1 Å². The maximum atomic E-state index is 9.20. The molecule has 0 unspecified atom stereocenters. The summed E-state index contributed by atoms with van der Waals surface area (Å²) in [5, 5.41) is 10.1. The van der Waals surface area contributed by atoms with Gasteiger partial charge < -0.3 is 14.4 Å². The van der Waals surface area contributed by atoms with Crippen molar-refractivity contribution in [2.45, 2.75) is 18.8 Å². The zero-order chi connectivity index (χ0) is 25.9. The molecule has 0 aliphatic heterocycles. The second-order valence-corrected chi connectivity index (χ2v) is 9.32. The van der Waals surface area contributed by atoms with Gasteiger partial charge >= 0.3 is 0 Å². The normalized spacial score (nSPS) is 11.0. The predicted molar refractivity (Wildman–Crippen MR) is 151 cm³/mol. The molecule has 0 N–H and O–H groups in total. The van der Waals surface area contributed by atoms with E-state index in [2.05, 4.69) is 59.5 Å². The van der Waals surface area contributed by atoms with E-state index in [-0.39, 0.29) is 0 Å². The van der Waals surface area contributed by atoms with Gasteiger partial charge in [0.1, 0.15) is 11.5 Å². The number of nitriles is 1. The van der Waals surface area contributed by atoms with Gasteiger partial charge in [0.2, 0.25) is 0 Å². The van der Waals surface area contributed by atoms with Crippen LogP contribution in [0.1, 0.15) is 22.3 Å². The Labute approximate surface area is 223 Å². The van der Waals surface area contributed by atoms with E-state index in [9.17, 15) is 5.26 Å². The molecule has 0 aliphatic carbocycles. The standard InChI is InChI=1S/C31H29N3O2S/c1-35-29-16-10-25(11-17-29)21-34(22-26-12-18-30(36-2)19-13-26)31(37-23-27-6-4-3-5-7-27)33-28-14-8-24(20-32)9-15-28/h3-19H,21-23H2,1-2H3. The highest BCUT2D eigenvalue weighted by molar-refractivity contribution is 8.13. The van der Waals surface area contributed by atoms with Crippen LogP contribution < -0.4 is 9.47 Å². The van der Waals surface area contributed by atoms with Crippen molar-refractivity contribution in [2.75, 3.05) is 14.2 Å². The van der Waals surface area contributed by atoms with Gasteiger partial charge in [-0.2, -0.15) is 5.26 Å². The van der Waals surface area contributed by atoms with Crippen LogP contribution in [0.25, 0.3) is 0 Å². The summed E-state index contributed by atoms with van der Waals surface area (Å²) in [5.41, 5.74) is 4.97. The molecule has 0 radical (unpaired) electrons. The van der Waals surface area contributed by atoms with Crippen LogP contribution in [0.2, 0.25) is 0 Å². The number of hydrogen-bond acceptors (Lipinski definition) is 5. The Morgan fingerprint density at radius 2 is 1.27 bits per heavy atom. The molecule has 6 heteroatoms. The number of nitrogens with zero attached hydrogens (tertiary/aromatic N) is 3. The van der Waals surface area contributed by atoms with Crippen LogP contribution in [0.3, 0.4) is 0 Å². The van der Waals surface area contributed by atoms with Crippen molar-refractivity contribution in [3.63, 3.8) is 0 Å². The lowest BCUT2D eigenvalue weighted by molar-refractivity contribution is 0.405. The predicted octanol–water partition coefficient (Wildman–Crippen LogP) is 7.20. The van der Waals surface area contributed by atoms with Crippen molar-refractivity contribution in [3.05, 3.63) is 125 Å². The van der Waals surface area contributed by atoms with Crippen LogP contribution in [0.15, 0.2) is 108 Å². The average Bonchev–Trinajstić information content (AvgIpc) is 2.96. The van der Waals surface area contributed by atoms with E-state index in [1.165, 1.54) is 5.56 Å². The molecular formula is C31H29N3O2S. The molecule has 0 saturated carbocycles. The number of benzene rings is 4. The Bertz CT molecular complexity index is 1280. The highest BCUT2D eigenvalue weighted by atomic mass is 32.2. The van der Waals surface area contributed by atoms with E-state index >= 15 is 0 Å². The smallest absolute Gasteiger partial charge is 0.165 e. The Morgan fingerprint density at radius 3 is 1.76 bits per heavy atom. The SMILES string of the molecule is COc1ccc(CN(Cc2ccc(OC)cc2)C(=Nc2ccc(C#N)cc2)SCc2ccccc2)cc1. The summed E-state index contributed by atoms with van der Waals surface area (Å²) in [5.74, 6) is 2.45. The van der Waals surface area contributed by atoms with E-state index in [0.717, 1.165) is 39.2 Å². The first-order valence-electron chi connectivity index (χ1n) is 11.9. The monoisotopic (exact) mass is 507 g/mol. The van der Waals surface area contributed by atoms with Gasteiger partial charge in [0.25, 0.3) is 0 Å². The van der Waals surface area contributed by atoms with Gasteiger partial charge in [-0.05, 0) is 65.2 Å². The van der Waals surface area contributed by atoms with Crippen LogP contribution in [0.5, 0.6) is 11.5 Å². The lowest BCUT2D eigenvalue weighted by Crippen LogP contribution is -2.28. The summed E-state index contributed by atoms with van der Waals surface area (Å²) in [4.78, 5) is 7.34. The summed E-state index contributed by atoms with van der Waals surface area (Å²) < 4.78 is 10.7. The lowest BCUT2D eigenvalue weighted by Gasteiger charge is -2.26. The van der Waals surface area contributed by atoms with Crippen LogP contribution in [0.4, 0.5) is 5.69 Å². The summed E-state index contributed by atoms with van der Waals surface area (Å²) in [6.07, 6.45) is 0. The second-order valence-electron chi connectivity index (χ2n) is 8.38. The number of ether oxygens (including phenoxy) is 2. The molecule has 5 nitrogen and oxygen atoms in total. The van der Waals surface area contributed by atoms with E-state index in [0.29, 0.717) is 18.7 Å². The van der Waals surface area contributed by atoms with Crippen molar-refractivity contribution < 1.29 is 9.47 Å². The maximum Gasteiger partial charge on any atom is 0.165 e. The minimum Gasteiger partial charge on any atom is -0.497 e. The molecule has 186 valence electrons. The molecule has 0 aliphatic rings. The number of amidine groups is 1. The topological polar surface area (TPSA) is 57.9 Å². The molecule has 0 atom stereocenters. The van der Waals surface area contributed by atoms with Crippen LogP contribution in [0, 0.1) is 11.3 Å². The molecule has 0 bridgehead atoms. The molecule has 0 aromatic heterocycles. The number of methoxy groups -OCH3 is 2. The summed E-state index contributed by atoms with van der Waals surface area (Å²) in [7, 11) is 3.35. The van der Waals surface area contributed by atoms with Crippen molar-refractivity contribution >= 4 is 22.6 Å². The van der Waals surface area contributed by atoms with Crippen molar-refractivity contribution in [2.24, 2.45) is 4.99 Å². The quantitative estimate of drug-likeness (QED) is 0.177. The largest absolute Gasteiger partial charge is 0.497 e. The summed E-state index contributed by atoms with van der Waals surface area (Å²) in [6, 6.07) is 36.2. The minimum absolute atomic E-state index is 0.616. The van der Waals surface area contributed by atoms with Gasteiger partial charge in [0.15, 0.2) is 5.17 Å². The Morgan fingerprint density at radius 1 is 0.730 bits per heavy atom. The lowest BCUT2D eigenvalue weighted by atomic mass is 10.1. The molecule has 4 rings (SSSR count).